The van der Waals surface area contributed by atoms with Crippen LogP contribution in [0.3, 0.4) is 0 Å². The normalized spacial score (nSPS) is 11.4. The molecule has 0 amide bonds. The number of halogens is 1. The Balaban J connectivity index is 1.40. The fraction of sp³-hybridized carbons (Fsp3) is 0.296. The molecule has 0 spiro atoms. The van der Waals surface area contributed by atoms with Gasteiger partial charge in [-0.25, -0.2) is 0 Å². The van der Waals surface area contributed by atoms with Gasteiger partial charge in [0.05, 0.1) is 17.0 Å². The molecule has 0 saturated carbocycles. The molecule has 0 unspecified atom stereocenters. The van der Waals surface area contributed by atoms with E-state index in [9.17, 15) is 0 Å². The van der Waals surface area contributed by atoms with E-state index in [0.29, 0.717) is 11.6 Å². The molecule has 5 nitrogen and oxygen atoms in total. The van der Waals surface area contributed by atoms with E-state index in [1.54, 1.807) is 17.8 Å². The molecule has 1 heterocycles. The van der Waals surface area contributed by atoms with Crippen LogP contribution in [-0.2, 0) is 12.8 Å². The first-order chi connectivity index (χ1) is 16.5. The predicted molar refractivity (Wildman–Crippen MR) is 138 cm³/mol. The standard InChI is InChI=1S/C27H28ClNO4S/c1-2-7-20-16-24-21(27(29-33-24)19-8-4-3-5-9-19)17-23(20)32-12-6-13-34-25-11-10-18(14-22(25)28)15-26(30)31/h3-5,8-11,14,16-17,26,30-31H,2,6-7,12-13,15H2,1H3. The Bertz CT molecular complexity index is 1230. The van der Waals surface area contributed by atoms with Crippen LogP contribution in [-0.4, -0.2) is 34.0 Å². The number of aliphatic hydroxyl groups excluding tert-OH is 1. The summed E-state index contributed by atoms with van der Waals surface area (Å²) in [5, 5.41) is 24.1. The van der Waals surface area contributed by atoms with Crippen LogP contribution in [0.2, 0.25) is 5.02 Å². The first-order valence-corrected chi connectivity index (χ1v) is 12.8. The summed E-state index contributed by atoms with van der Waals surface area (Å²) in [5.41, 5.74) is 4.55. The van der Waals surface area contributed by atoms with Gasteiger partial charge in [0.1, 0.15) is 11.4 Å². The second-order valence-electron chi connectivity index (χ2n) is 8.10. The summed E-state index contributed by atoms with van der Waals surface area (Å²) in [5.74, 6) is 1.74. The number of hydrogen-bond acceptors (Lipinski definition) is 6. The molecule has 0 fully saturated rings. The third kappa shape index (κ3) is 6.13. The Morgan fingerprint density at radius 3 is 2.65 bits per heavy atom. The van der Waals surface area contributed by atoms with E-state index >= 15 is 0 Å². The molecular formula is C27H28ClNO4S. The fourth-order valence-electron chi connectivity index (χ4n) is 3.83. The van der Waals surface area contributed by atoms with Gasteiger partial charge in [0.15, 0.2) is 11.9 Å². The summed E-state index contributed by atoms with van der Waals surface area (Å²) in [6.07, 6.45) is 1.58. The van der Waals surface area contributed by atoms with Crippen LogP contribution in [0, 0.1) is 0 Å². The molecule has 0 radical (unpaired) electrons. The quantitative estimate of drug-likeness (QED) is 0.140. The number of nitrogens with zero attached hydrogens (tertiary/aromatic N) is 1. The zero-order valence-electron chi connectivity index (χ0n) is 19.0. The highest BCUT2D eigenvalue weighted by atomic mass is 35.5. The van der Waals surface area contributed by atoms with Crippen molar-refractivity contribution in [3.05, 3.63) is 76.8 Å². The van der Waals surface area contributed by atoms with Gasteiger partial charge in [-0.2, -0.15) is 0 Å². The van der Waals surface area contributed by atoms with Crippen LogP contribution in [0.15, 0.2) is 70.1 Å². The molecule has 3 aromatic carbocycles. The number of fused-ring (bicyclic) bond motifs is 1. The average molecular weight is 498 g/mol. The molecule has 4 rings (SSSR count). The Morgan fingerprint density at radius 2 is 1.91 bits per heavy atom. The first-order valence-electron chi connectivity index (χ1n) is 11.4. The molecule has 4 aromatic rings. The molecule has 0 aliphatic carbocycles. The van der Waals surface area contributed by atoms with Gasteiger partial charge >= 0.3 is 0 Å². The lowest BCUT2D eigenvalue weighted by molar-refractivity contribution is -0.0381. The smallest absolute Gasteiger partial charge is 0.168 e. The molecule has 178 valence electrons. The number of aryl methyl sites for hydroxylation is 1. The van der Waals surface area contributed by atoms with E-state index in [0.717, 1.165) is 69.0 Å². The van der Waals surface area contributed by atoms with Crippen molar-refractivity contribution in [1.82, 2.24) is 5.16 Å². The predicted octanol–water partition coefficient (Wildman–Crippen LogP) is 6.52. The van der Waals surface area contributed by atoms with Crippen molar-refractivity contribution in [3.63, 3.8) is 0 Å². The van der Waals surface area contributed by atoms with E-state index in [-0.39, 0.29) is 6.42 Å². The summed E-state index contributed by atoms with van der Waals surface area (Å²) in [6, 6.07) is 19.7. The van der Waals surface area contributed by atoms with E-state index in [1.807, 2.05) is 48.5 Å². The number of aliphatic hydroxyl groups is 2. The zero-order valence-corrected chi connectivity index (χ0v) is 20.6. The summed E-state index contributed by atoms with van der Waals surface area (Å²) >= 11 is 8.02. The topological polar surface area (TPSA) is 75.7 Å². The third-order valence-electron chi connectivity index (χ3n) is 5.44. The Morgan fingerprint density at radius 1 is 1.09 bits per heavy atom. The summed E-state index contributed by atoms with van der Waals surface area (Å²) in [7, 11) is 0. The summed E-state index contributed by atoms with van der Waals surface area (Å²) < 4.78 is 11.8. The number of rotatable bonds is 11. The van der Waals surface area contributed by atoms with Gasteiger partial charge in [-0.05, 0) is 48.2 Å². The Hall–Kier alpha value is -2.51. The number of hydrogen-bond donors (Lipinski definition) is 2. The molecule has 0 aliphatic rings. The molecule has 0 bridgehead atoms. The van der Waals surface area contributed by atoms with Gasteiger partial charge in [0.2, 0.25) is 0 Å². The van der Waals surface area contributed by atoms with Crippen molar-refractivity contribution in [3.8, 4) is 17.0 Å². The summed E-state index contributed by atoms with van der Waals surface area (Å²) in [6.45, 7) is 2.74. The number of ether oxygens (including phenoxy) is 1. The Labute approximate surface area is 208 Å². The minimum atomic E-state index is -1.37. The lowest BCUT2D eigenvalue weighted by Crippen LogP contribution is -2.08. The number of aromatic nitrogens is 1. The van der Waals surface area contributed by atoms with Crippen molar-refractivity contribution >= 4 is 34.3 Å². The van der Waals surface area contributed by atoms with Crippen molar-refractivity contribution in [2.75, 3.05) is 12.4 Å². The fourth-order valence-corrected chi connectivity index (χ4v) is 5.04. The highest BCUT2D eigenvalue weighted by Gasteiger charge is 2.15. The van der Waals surface area contributed by atoms with E-state index in [1.165, 1.54) is 0 Å². The molecule has 0 saturated heterocycles. The maximum Gasteiger partial charge on any atom is 0.168 e. The van der Waals surface area contributed by atoms with E-state index in [4.69, 9.17) is 31.1 Å². The molecule has 0 atom stereocenters. The Kier molecular flexibility index (Phi) is 8.51. The van der Waals surface area contributed by atoms with Crippen LogP contribution in [0.25, 0.3) is 22.2 Å². The average Bonchev–Trinajstić information content (AvgIpc) is 3.23. The maximum absolute atomic E-state index is 9.12. The van der Waals surface area contributed by atoms with Gasteiger partial charge in [0.25, 0.3) is 0 Å². The molecular weight excluding hydrogens is 470 g/mol. The van der Waals surface area contributed by atoms with E-state index < -0.39 is 6.29 Å². The zero-order chi connectivity index (χ0) is 23.9. The molecule has 34 heavy (non-hydrogen) atoms. The van der Waals surface area contributed by atoms with Gasteiger partial charge in [-0.1, -0.05) is 66.5 Å². The van der Waals surface area contributed by atoms with Crippen LogP contribution in [0.4, 0.5) is 0 Å². The van der Waals surface area contributed by atoms with Crippen LogP contribution < -0.4 is 4.74 Å². The van der Waals surface area contributed by atoms with Gasteiger partial charge in [0, 0.05) is 22.6 Å². The van der Waals surface area contributed by atoms with Gasteiger partial charge in [-0.3, -0.25) is 0 Å². The lowest BCUT2D eigenvalue weighted by atomic mass is 10.0. The monoisotopic (exact) mass is 497 g/mol. The maximum atomic E-state index is 9.12. The number of benzene rings is 3. The molecule has 0 aliphatic heterocycles. The first kappa shape index (κ1) is 24.6. The second kappa shape index (κ2) is 11.8. The van der Waals surface area contributed by atoms with Crippen LogP contribution >= 0.6 is 23.4 Å². The number of thioether (sulfide) groups is 1. The van der Waals surface area contributed by atoms with Crippen LogP contribution in [0.5, 0.6) is 5.75 Å². The largest absolute Gasteiger partial charge is 0.493 e. The SMILES string of the molecule is CCCc1cc2onc(-c3ccccc3)c2cc1OCCCSc1ccc(CC(O)O)cc1Cl. The minimum absolute atomic E-state index is 0.168. The molecule has 7 heteroatoms. The molecule has 1 aromatic heterocycles. The second-order valence-corrected chi connectivity index (χ2v) is 9.65. The van der Waals surface area contributed by atoms with Gasteiger partial charge < -0.3 is 19.5 Å². The van der Waals surface area contributed by atoms with Crippen LogP contribution in [0.1, 0.15) is 30.9 Å². The highest BCUT2D eigenvalue weighted by molar-refractivity contribution is 7.99. The minimum Gasteiger partial charge on any atom is -0.493 e. The van der Waals surface area contributed by atoms with Crippen molar-refractivity contribution in [1.29, 1.82) is 0 Å². The van der Waals surface area contributed by atoms with Gasteiger partial charge in [-0.15, -0.1) is 11.8 Å². The molecule has 2 N–H and O–H groups in total. The van der Waals surface area contributed by atoms with Crippen molar-refractivity contribution in [2.45, 2.75) is 43.8 Å². The third-order valence-corrected chi connectivity index (χ3v) is 7.02. The van der Waals surface area contributed by atoms with Crippen molar-refractivity contribution in [2.24, 2.45) is 0 Å². The highest BCUT2D eigenvalue weighted by Crippen LogP contribution is 2.34. The van der Waals surface area contributed by atoms with Crippen molar-refractivity contribution < 1.29 is 19.5 Å². The summed E-state index contributed by atoms with van der Waals surface area (Å²) in [4.78, 5) is 0.975. The van der Waals surface area contributed by atoms with E-state index in [2.05, 4.69) is 18.1 Å². The lowest BCUT2D eigenvalue weighted by Gasteiger charge is -2.12.